The first-order chi connectivity index (χ1) is 9.82. The Morgan fingerprint density at radius 1 is 1.05 bits per heavy atom. The monoisotopic (exact) mass is 296 g/mol. The number of rotatable bonds is 2. The van der Waals surface area contributed by atoms with E-state index in [9.17, 15) is 14.7 Å². The molecule has 0 aromatic carbocycles. The van der Waals surface area contributed by atoms with Crippen LogP contribution >= 0.6 is 0 Å². The number of likely N-dealkylation sites (tertiary alicyclic amines) is 2. The van der Waals surface area contributed by atoms with Gasteiger partial charge in [-0.3, -0.25) is 4.79 Å². The molecule has 0 radical (unpaired) electrons. The van der Waals surface area contributed by atoms with Crippen molar-refractivity contribution in [1.29, 1.82) is 0 Å². The molecule has 2 aliphatic heterocycles. The Morgan fingerprint density at radius 2 is 1.62 bits per heavy atom. The third-order valence-electron chi connectivity index (χ3n) is 5.19. The van der Waals surface area contributed by atoms with Gasteiger partial charge in [0, 0.05) is 26.2 Å². The zero-order valence-electron chi connectivity index (χ0n) is 13.5. The third kappa shape index (κ3) is 3.50. The SMILES string of the molecule is CC1CCCN(C(=O)N2CCCC(C(C)(C)C(=O)O)C2)C1. The van der Waals surface area contributed by atoms with E-state index in [0.29, 0.717) is 12.5 Å². The highest BCUT2D eigenvalue weighted by Gasteiger charge is 2.40. The van der Waals surface area contributed by atoms with E-state index in [2.05, 4.69) is 6.92 Å². The second kappa shape index (κ2) is 6.24. The lowest BCUT2D eigenvalue weighted by atomic mass is 9.74. The van der Waals surface area contributed by atoms with Crippen molar-refractivity contribution in [3.05, 3.63) is 0 Å². The van der Waals surface area contributed by atoms with Crippen LogP contribution in [0, 0.1) is 17.3 Å². The van der Waals surface area contributed by atoms with Crippen LogP contribution < -0.4 is 0 Å². The second-order valence-electron chi connectivity index (χ2n) is 7.29. The first kappa shape index (κ1) is 16.1. The van der Waals surface area contributed by atoms with E-state index in [-0.39, 0.29) is 11.9 Å². The first-order valence-electron chi connectivity index (χ1n) is 8.09. The second-order valence-corrected chi connectivity index (χ2v) is 7.29. The average molecular weight is 296 g/mol. The zero-order valence-corrected chi connectivity index (χ0v) is 13.5. The quantitative estimate of drug-likeness (QED) is 0.852. The Hall–Kier alpha value is -1.26. The maximum atomic E-state index is 12.6. The van der Waals surface area contributed by atoms with Crippen LogP contribution in [0.15, 0.2) is 0 Å². The number of hydrogen-bond donors (Lipinski definition) is 1. The van der Waals surface area contributed by atoms with Gasteiger partial charge in [-0.2, -0.15) is 0 Å². The first-order valence-corrected chi connectivity index (χ1v) is 8.09. The van der Waals surface area contributed by atoms with Crippen LogP contribution in [-0.2, 0) is 4.79 Å². The minimum absolute atomic E-state index is 0.0370. The molecule has 0 saturated carbocycles. The van der Waals surface area contributed by atoms with E-state index in [1.54, 1.807) is 13.8 Å². The molecule has 5 heteroatoms. The molecule has 2 heterocycles. The Labute approximate surface area is 127 Å². The van der Waals surface area contributed by atoms with Crippen molar-refractivity contribution in [2.24, 2.45) is 17.3 Å². The summed E-state index contributed by atoms with van der Waals surface area (Å²) >= 11 is 0. The Balaban J connectivity index is 2.00. The van der Waals surface area contributed by atoms with Gasteiger partial charge in [0.2, 0.25) is 0 Å². The number of carboxylic acids is 1. The number of carbonyl (C=O) groups excluding carboxylic acids is 1. The van der Waals surface area contributed by atoms with Gasteiger partial charge in [0.1, 0.15) is 0 Å². The fourth-order valence-corrected chi connectivity index (χ4v) is 3.48. The summed E-state index contributed by atoms with van der Waals surface area (Å²) in [6.07, 6.45) is 4.05. The summed E-state index contributed by atoms with van der Waals surface area (Å²) in [7, 11) is 0. The number of urea groups is 1. The summed E-state index contributed by atoms with van der Waals surface area (Å²) in [5, 5.41) is 9.39. The summed E-state index contributed by atoms with van der Waals surface area (Å²) in [5.74, 6) is -0.165. The third-order valence-corrected chi connectivity index (χ3v) is 5.19. The smallest absolute Gasteiger partial charge is 0.320 e. The Kier molecular flexibility index (Phi) is 4.79. The minimum atomic E-state index is -0.770. The molecule has 0 aromatic heterocycles. The predicted octanol–water partition coefficient (Wildman–Crippen LogP) is 2.66. The molecule has 1 N–H and O–H groups in total. The molecule has 0 bridgehead atoms. The van der Waals surface area contributed by atoms with Crippen molar-refractivity contribution in [2.45, 2.75) is 46.5 Å². The fourth-order valence-electron chi connectivity index (χ4n) is 3.48. The van der Waals surface area contributed by atoms with Gasteiger partial charge in [-0.15, -0.1) is 0 Å². The van der Waals surface area contributed by atoms with E-state index in [1.165, 1.54) is 6.42 Å². The van der Waals surface area contributed by atoms with Crippen molar-refractivity contribution in [1.82, 2.24) is 9.80 Å². The zero-order chi connectivity index (χ0) is 15.6. The van der Waals surface area contributed by atoms with Crippen LogP contribution in [0.3, 0.4) is 0 Å². The van der Waals surface area contributed by atoms with Gasteiger partial charge in [0.15, 0.2) is 0 Å². The summed E-state index contributed by atoms with van der Waals surface area (Å²) in [4.78, 5) is 27.9. The van der Waals surface area contributed by atoms with Crippen molar-refractivity contribution < 1.29 is 14.7 Å². The number of carbonyl (C=O) groups is 2. The number of amides is 2. The molecule has 21 heavy (non-hydrogen) atoms. The highest BCUT2D eigenvalue weighted by atomic mass is 16.4. The van der Waals surface area contributed by atoms with Gasteiger partial charge >= 0.3 is 12.0 Å². The molecule has 2 rings (SSSR count). The normalized spacial score (nSPS) is 27.6. The number of aliphatic carboxylic acids is 1. The summed E-state index contributed by atoms with van der Waals surface area (Å²) in [6.45, 7) is 8.74. The Bertz CT molecular complexity index is 408. The standard InChI is InChI=1S/C16H28N2O3/c1-12-6-4-8-17(10-12)15(21)18-9-5-7-13(11-18)16(2,3)14(19)20/h12-13H,4-11H2,1-3H3,(H,19,20). The molecule has 5 nitrogen and oxygen atoms in total. The number of piperidine rings is 2. The molecule has 2 saturated heterocycles. The molecule has 2 fully saturated rings. The molecule has 2 atom stereocenters. The Morgan fingerprint density at radius 3 is 2.19 bits per heavy atom. The van der Waals surface area contributed by atoms with Gasteiger partial charge in [-0.05, 0) is 51.4 Å². The van der Waals surface area contributed by atoms with Crippen LogP contribution in [-0.4, -0.2) is 53.1 Å². The van der Waals surface area contributed by atoms with Crippen LogP contribution in [0.25, 0.3) is 0 Å². The largest absolute Gasteiger partial charge is 0.481 e. The minimum Gasteiger partial charge on any atom is -0.481 e. The summed E-state index contributed by atoms with van der Waals surface area (Å²) < 4.78 is 0. The van der Waals surface area contributed by atoms with Crippen molar-refractivity contribution >= 4 is 12.0 Å². The summed E-state index contributed by atoms with van der Waals surface area (Å²) in [6, 6.07) is 0.104. The fraction of sp³-hybridized carbons (Fsp3) is 0.875. The maximum absolute atomic E-state index is 12.6. The van der Waals surface area contributed by atoms with E-state index in [4.69, 9.17) is 0 Å². The molecule has 0 aromatic rings. The van der Waals surface area contributed by atoms with Crippen molar-refractivity contribution in [3.8, 4) is 0 Å². The molecular formula is C16H28N2O3. The molecule has 0 aliphatic carbocycles. The lowest BCUT2D eigenvalue weighted by Crippen LogP contribution is -2.52. The highest BCUT2D eigenvalue weighted by molar-refractivity contribution is 5.76. The highest BCUT2D eigenvalue weighted by Crippen LogP contribution is 2.34. The van der Waals surface area contributed by atoms with Crippen molar-refractivity contribution in [3.63, 3.8) is 0 Å². The van der Waals surface area contributed by atoms with Gasteiger partial charge in [-0.1, -0.05) is 6.92 Å². The number of hydrogen-bond acceptors (Lipinski definition) is 2. The van der Waals surface area contributed by atoms with Crippen LogP contribution in [0.2, 0.25) is 0 Å². The van der Waals surface area contributed by atoms with Crippen molar-refractivity contribution in [2.75, 3.05) is 26.2 Å². The molecule has 2 amide bonds. The average Bonchev–Trinajstić information content (AvgIpc) is 2.46. The summed E-state index contributed by atoms with van der Waals surface area (Å²) in [5.41, 5.74) is -0.770. The van der Waals surface area contributed by atoms with Crippen LogP contribution in [0.1, 0.15) is 46.5 Å². The van der Waals surface area contributed by atoms with E-state index < -0.39 is 11.4 Å². The number of carboxylic acid groups (broad SMARTS) is 1. The van der Waals surface area contributed by atoms with Gasteiger partial charge in [-0.25, -0.2) is 4.79 Å². The van der Waals surface area contributed by atoms with Crippen LogP contribution in [0.4, 0.5) is 4.79 Å². The topological polar surface area (TPSA) is 60.9 Å². The van der Waals surface area contributed by atoms with Crippen LogP contribution in [0.5, 0.6) is 0 Å². The molecule has 2 unspecified atom stereocenters. The molecule has 120 valence electrons. The van der Waals surface area contributed by atoms with Gasteiger partial charge < -0.3 is 14.9 Å². The van der Waals surface area contributed by atoms with E-state index in [0.717, 1.165) is 38.9 Å². The number of nitrogens with zero attached hydrogens (tertiary/aromatic N) is 2. The molecular weight excluding hydrogens is 268 g/mol. The van der Waals surface area contributed by atoms with E-state index >= 15 is 0 Å². The molecule has 0 spiro atoms. The van der Waals surface area contributed by atoms with Gasteiger partial charge in [0.25, 0.3) is 0 Å². The molecule has 2 aliphatic rings. The van der Waals surface area contributed by atoms with Gasteiger partial charge in [0.05, 0.1) is 5.41 Å². The lowest BCUT2D eigenvalue weighted by Gasteiger charge is -2.42. The predicted molar refractivity (Wildman–Crippen MR) is 81.1 cm³/mol. The maximum Gasteiger partial charge on any atom is 0.320 e. The van der Waals surface area contributed by atoms with E-state index in [1.807, 2.05) is 9.80 Å². The lowest BCUT2D eigenvalue weighted by molar-refractivity contribution is -0.151.